The fourth-order valence-electron chi connectivity index (χ4n) is 2.88. The molecule has 132 valence electrons. The number of rotatable bonds is 5. The molecule has 3 N–H and O–H groups in total. The molecule has 1 heterocycles. The van der Waals surface area contributed by atoms with Crippen LogP contribution in [0.3, 0.4) is 0 Å². The van der Waals surface area contributed by atoms with E-state index in [2.05, 4.69) is 22.0 Å². The molecule has 6 heteroatoms. The number of amides is 3. The Bertz CT molecular complexity index is 748. The molecule has 0 bridgehead atoms. The summed E-state index contributed by atoms with van der Waals surface area (Å²) < 4.78 is 5.67. The summed E-state index contributed by atoms with van der Waals surface area (Å²) in [5, 5.41) is 10.5. The highest BCUT2D eigenvalue weighted by atomic mass is 16.5. The van der Waals surface area contributed by atoms with Gasteiger partial charge in [0.15, 0.2) is 0 Å². The summed E-state index contributed by atoms with van der Waals surface area (Å²) in [6.07, 6.45) is 2.55. The predicted molar refractivity (Wildman–Crippen MR) is 96.6 cm³/mol. The summed E-state index contributed by atoms with van der Waals surface area (Å²) in [4.78, 5) is 23.7. The molecule has 3 amide bonds. The number of fused-ring (bicyclic) bond motifs is 1. The van der Waals surface area contributed by atoms with E-state index < -0.39 is 6.04 Å². The lowest BCUT2D eigenvalue weighted by Crippen LogP contribution is -2.49. The molecule has 0 spiro atoms. The third kappa shape index (κ3) is 4.86. The topological polar surface area (TPSA) is 79.5 Å². The Morgan fingerprint density at radius 2 is 2.00 bits per heavy atom. The fourth-order valence-corrected chi connectivity index (χ4v) is 2.88. The van der Waals surface area contributed by atoms with E-state index in [1.165, 1.54) is 0 Å². The molecule has 1 unspecified atom stereocenters. The normalized spacial score (nSPS) is 17.4. The molecule has 2 aromatic rings. The van der Waals surface area contributed by atoms with Crippen molar-refractivity contribution in [3.05, 3.63) is 42.5 Å². The number of urea groups is 1. The number of carbonyl (C=O) groups excluding carboxylic acids is 2. The molecule has 2 aromatic carbocycles. The van der Waals surface area contributed by atoms with Crippen LogP contribution in [-0.2, 0) is 4.79 Å². The average Bonchev–Trinajstić information content (AvgIpc) is 2.83. The molecule has 1 aliphatic rings. The average molecular weight is 341 g/mol. The lowest BCUT2D eigenvalue weighted by molar-refractivity contribution is -0.122. The first-order chi connectivity index (χ1) is 12.2. The van der Waals surface area contributed by atoms with Gasteiger partial charge in [-0.2, -0.15) is 0 Å². The second-order valence-electron chi connectivity index (χ2n) is 6.10. The van der Waals surface area contributed by atoms with Gasteiger partial charge in [-0.05, 0) is 42.2 Å². The van der Waals surface area contributed by atoms with Crippen LogP contribution in [0.15, 0.2) is 42.5 Å². The van der Waals surface area contributed by atoms with Crippen molar-refractivity contribution in [2.45, 2.75) is 25.3 Å². The van der Waals surface area contributed by atoms with Crippen LogP contribution >= 0.6 is 0 Å². The van der Waals surface area contributed by atoms with Gasteiger partial charge in [-0.25, -0.2) is 4.79 Å². The summed E-state index contributed by atoms with van der Waals surface area (Å²) in [6, 6.07) is 13.2. The van der Waals surface area contributed by atoms with E-state index in [9.17, 15) is 9.59 Å². The van der Waals surface area contributed by atoms with Gasteiger partial charge in [0.25, 0.3) is 0 Å². The van der Waals surface area contributed by atoms with Crippen molar-refractivity contribution in [2.75, 3.05) is 19.7 Å². The molecular weight excluding hydrogens is 318 g/mol. The van der Waals surface area contributed by atoms with Gasteiger partial charge in [0, 0.05) is 6.54 Å². The Morgan fingerprint density at radius 1 is 1.16 bits per heavy atom. The molecule has 0 radical (unpaired) electrons. The van der Waals surface area contributed by atoms with Crippen molar-refractivity contribution in [1.82, 2.24) is 16.0 Å². The maximum absolute atomic E-state index is 11.9. The van der Waals surface area contributed by atoms with Gasteiger partial charge in [0.05, 0.1) is 6.54 Å². The first kappa shape index (κ1) is 17.1. The second kappa shape index (κ2) is 8.37. The number of benzene rings is 2. The van der Waals surface area contributed by atoms with Crippen molar-refractivity contribution in [2.24, 2.45) is 0 Å². The van der Waals surface area contributed by atoms with E-state index >= 15 is 0 Å². The quantitative estimate of drug-likeness (QED) is 0.730. The molecular formula is C19H23N3O3. The number of carbonyl (C=O) groups is 2. The van der Waals surface area contributed by atoms with Gasteiger partial charge in [-0.1, -0.05) is 30.3 Å². The monoisotopic (exact) mass is 341 g/mol. The van der Waals surface area contributed by atoms with E-state index in [1.54, 1.807) is 0 Å². The van der Waals surface area contributed by atoms with E-state index in [0.717, 1.165) is 29.4 Å². The van der Waals surface area contributed by atoms with E-state index in [-0.39, 0.29) is 11.9 Å². The van der Waals surface area contributed by atoms with Crippen LogP contribution in [0.4, 0.5) is 4.79 Å². The molecule has 0 saturated carbocycles. The van der Waals surface area contributed by atoms with Crippen LogP contribution in [0.25, 0.3) is 10.8 Å². The highest BCUT2D eigenvalue weighted by Crippen LogP contribution is 2.20. The van der Waals surface area contributed by atoms with Crippen LogP contribution in [0.5, 0.6) is 5.75 Å². The third-order valence-electron chi connectivity index (χ3n) is 4.22. The zero-order valence-corrected chi connectivity index (χ0v) is 14.1. The van der Waals surface area contributed by atoms with Crippen molar-refractivity contribution in [3.8, 4) is 5.75 Å². The smallest absolute Gasteiger partial charge is 0.315 e. The molecule has 1 saturated heterocycles. The summed E-state index contributed by atoms with van der Waals surface area (Å²) >= 11 is 0. The summed E-state index contributed by atoms with van der Waals surface area (Å²) in [5.74, 6) is 0.657. The van der Waals surface area contributed by atoms with E-state index in [1.807, 2.05) is 36.4 Å². The third-order valence-corrected chi connectivity index (χ3v) is 4.22. The minimum atomic E-state index is -0.455. The maximum atomic E-state index is 11.9. The lowest BCUT2D eigenvalue weighted by atomic mass is 10.1. The van der Waals surface area contributed by atoms with E-state index in [0.29, 0.717) is 26.1 Å². The summed E-state index contributed by atoms with van der Waals surface area (Å²) in [5.41, 5.74) is 0. The molecule has 0 aromatic heterocycles. The van der Waals surface area contributed by atoms with Crippen LogP contribution in [0.2, 0.25) is 0 Å². The minimum absolute atomic E-state index is 0.111. The van der Waals surface area contributed by atoms with Crippen molar-refractivity contribution >= 4 is 22.7 Å². The van der Waals surface area contributed by atoms with Gasteiger partial charge in [0.1, 0.15) is 18.4 Å². The zero-order chi connectivity index (χ0) is 17.5. The molecule has 0 aliphatic carbocycles. The Balaban J connectivity index is 1.41. The van der Waals surface area contributed by atoms with Gasteiger partial charge in [-0.3, -0.25) is 4.79 Å². The summed E-state index contributed by atoms with van der Waals surface area (Å²) in [6.45, 7) is 1.41. The Labute approximate surface area is 146 Å². The van der Waals surface area contributed by atoms with Crippen LogP contribution in [0, 0.1) is 0 Å². The Hall–Kier alpha value is -2.76. The lowest BCUT2D eigenvalue weighted by Gasteiger charge is -2.16. The van der Waals surface area contributed by atoms with Crippen molar-refractivity contribution < 1.29 is 14.3 Å². The largest absolute Gasteiger partial charge is 0.492 e. The minimum Gasteiger partial charge on any atom is -0.492 e. The molecule has 1 atom stereocenters. The Kier molecular flexibility index (Phi) is 5.72. The van der Waals surface area contributed by atoms with Crippen LogP contribution < -0.4 is 20.7 Å². The number of hydrogen-bond acceptors (Lipinski definition) is 3. The van der Waals surface area contributed by atoms with Gasteiger partial charge in [-0.15, -0.1) is 0 Å². The van der Waals surface area contributed by atoms with Crippen molar-refractivity contribution in [3.63, 3.8) is 0 Å². The maximum Gasteiger partial charge on any atom is 0.315 e. The number of ether oxygens (including phenoxy) is 1. The molecule has 1 aliphatic heterocycles. The van der Waals surface area contributed by atoms with Crippen molar-refractivity contribution in [1.29, 1.82) is 0 Å². The molecule has 3 rings (SSSR count). The fraction of sp³-hybridized carbons (Fsp3) is 0.368. The highest BCUT2D eigenvalue weighted by molar-refractivity contribution is 5.87. The van der Waals surface area contributed by atoms with Gasteiger partial charge in [0.2, 0.25) is 5.91 Å². The molecule has 25 heavy (non-hydrogen) atoms. The first-order valence-electron chi connectivity index (χ1n) is 8.66. The van der Waals surface area contributed by atoms with Crippen LogP contribution in [-0.4, -0.2) is 37.7 Å². The highest BCUT2D eigenvalue weighted by Gasteiger charge is 2.21. The first-order valence-corrected chi connectivity index (χ1v) is 8.66. The predicted octanol–water partition coefficient (Wildman–Crippen LogP) is 2.19. The summed E-state index contributed by atoms with van der Waals surface area (Å²) in [7, 11) is 0. The van der Waals surface area contributed by atoms with E-state index in [4.69, 9.17) is 4.74 Å². The molecule has 1 fully saturated rings. The van der Waals surface area contributed by atoms with Crippen LogP contribution in [0.1, 0.15) is 19.3 Å². The zero-order valence-electron chi connectivity index (χ0n) is 14.1. The van der Waals surface area contributed by atoms with Gasteiger partial charge >= 0.3 is 6.03 Å². The second-order valence-corrected chi connectivity index (χ2v) is 6.10. The molecule has 6 nitrogen and oxygen atoms in total. The number of nitrogens with one attached hydrogen (secondary N) is 3. The number of hydrogen-bond donors (Lipinski definition) is 3. The standard InChI is InChI=1S/C19H23N3O3/c23-18-17(7-3-4-10-20-18)22-19(24)21-11-12-25-16-9-8-14-5-1-2-6-15(14)13-16/h1-2,5-6,8-9,13,17H,3-4,7,10-12H2,(H,20,23)(H2,21,22,24). The Morgan fingerprint density at radius 3 is 2.88 bits per heavy atom. The SMILES string of the molecule is O=C(NCCOc1ccc2ccccc2c1)NC1CCCCNC1=O. The van der Waals surface area contributed by atoms with Gasteiger partial charge < -0.3 is 20.7 Å².